The molecule has 2 fully saturated rings. The quantitative estimate of drug-likeness (QED) is 0.746. The molecule has 1 aliphatic heterocycles. The molecular weight excluding hydrogens is 382 g/mol. The standard InChI is InChI=1S/C18H21N5O2S2/c24-15(19-14-4-2-1-3-5-14)12-26-18-21-20-17(27-18)23-10-8-22(9-11-23)16(25)13-6-7-13/h1-5,13H,6-12H2,(H,19,24). The zero-order chi connectivity index (χ0) is 18.6. The van der Waals surface area contributed by atoms with Crippen LogP contribution >= 0.6 is 23.1 Å². The highest BCUT2D eigenvalue weighted by Gasteiger charge is 2.34. The predicted octanol–water partition coefficient (Wildman–Crippen LogP) is 2.33. The van der Waals surface area contributed by atoms with E-state index in [1.807, 2.05) is 35.2 Å². The number of para-hydroxylation sites is 1. The average molecular weight is 404 g/mol. The van der Waals surface area contributed by atoms with Crippen molar-refractivity contribution in [3.05, 3.63) is 30.3 Å². The fourth-order valence-electron chi connectivity index (χ4n) is 2.94. The minimum Gasteiger partial charge on any atom is -0.343 e. The lowest BCUT2D eigenvalue weighted by molar-refractivity contribution is -0.132. The van der Waals surface area contributed by atoms with E-state index in [0.29, 0.717) is 11.7 Å². The summed E-state index contributed by atoms with van der Waals surface area (Å²) in [6.07, 6.45) is 2.10. The molecule has 1 aromatic heterocycles. The summed E-state index contributed by atoms with van der Waals surface area (Å²) in [7, 11) is 0. The first-order valence-corrected chi connectivity index (χ1v) is 10.8. The Kier molecular flexibility index (Phi) is 5.58. The molecule has 2 amide bonds. The first-order valence-electron chi connectivity index (χ1n) is 9.04. The number of rotatable bonds is 6. The first-order chi connectivity index (χ1) is 13.2. The Balaban J connectivity index is 1.24. The first kappa shape index (κ1) is 18.2. The maximum absolute atomic E-state index is 12.1. The Labute approximate surface area is 166 Å². The van der Waals surface area contributed by atoms with Gasteiger partial charge in [-0.05, 0) is 25.0 Å². The van der Waals surface area contributed by atoms with Gasteiger partial charge in [-0.15, -0.1) is 10.2 Å². The number of aromatic nitrogens is 2. The Morgan fingerprint density at radius 1 is 1.11 bits per heavy atom. The highest BCUT2D eigenvalue weighted by atomic mass is 32.2. The van der Waals surface area contributed by atoms with Gasteiger partial charge in [0.1, 0.15) is 0 Å². The van der Waals surface area contributed by atoms with Crippen molar-refractivity contribution in [3.63, 3.8) is 0 Å². The van der Waals surface area contributed by atoms with Crippen LogP contribution in [0.4, 0.5) is 10.8 Å². The number of carbonyl (C=O) groups excluding carboxylic acids is 2. The van der Waals surface area contributed by atoms with Crippen molar-refractivity contribution < 1.29 is 9.59 Å². The molecule has 0 unspecified atom stereocenters. The van der Waals surface area contributed by atoms with E-state index < -0.39 is 0 Å². The number of benzene rings is 1. The molecule has 142 valence electrons. The second kappa shape index (κ2) is 8.26. The SMILES string of the molecule is O=C(CSc1nnc(N2CCN(C(=O)C3CC3)CC2)s1)Nc1ccccc1. The molecule has 4 rings (SSSR count). The van der Waals surface area contributed by atoms with Crippen LogP contribution in [0.2, 0.25) is 0 Å². The van der Waals surface area contributed by atoms with Crippen molar-refractivity contribution in [2.24, 2.45) is 5.92 Å². The van der Waals surface area contributed by atoms with Gasteiger partial charge in [-0.3, -0.25) is 9.59 Å². The van der Waals surface area contributed by atoms with Gasteiger partial charge < -0.3 is 15.1 Å². The second-order valence-electron chi connectivity index (χ2n) is 6.64. The molecule has 0 radical (unpaired) electrons. The lowest BCUT2D eigenvalue weighted by Crippen LogP contribution is -2.49. The van der Waals surface area contributed by atoms with Gasteiger partial charge in [0.05, 0.1) is 5.75 Å². The van der Waals surface area contributed by atoms with Crippen molar-refractivity contribution in [2.75, 3.05) is 42.1 Å². The summed E-state index contributed by atoms with van der Waals surface area (Å²) in [5.41, 5.74) is 0.791. The number of anilines is 2. The maximum Gasteiger partial charge on any atom is 0.234 e. The fraction of sp³-hybridized carbons (Fsp3) is 0.444. The molecule has 0 bridgehead atoms. The number of amides is 2. The summed E-state index contributed by atoms with van der Waals surface area (Å²) < 4.78 is 0.782. The molecule has 1 saturated carbocycles. The Morgan fingerprint density at radius 3 is 2.56 bits per heavy atom. The highest BCUT2D eigenvalue weighted by Crippen LogP contribution is 2.32. The van der Waals surface area contributed by atoms with E-state index in [2.05, 4.69) is 20.4 Å². The lowest BCUT2D eigenvalue weighted by atomic mass is 10.3. The highest BCUT2D eigenvalue weighted by molar-refractivity contribution is 8.01. The van der Waals surface area contributed by atoms with Crippen molar-refractivity contribution in [3.8, 4) is 0 Å². The van der Waals surface area contributed by atoms with E-state index in [4.69, 9.17) is 0 Å². The van der Waals surface area contributed by atoms with Gasteiger partial charge in [0.15, 0.2) is 4.34 Å². The number of piperazine rings is 1. The van der Waals surface area contributed by atoms with Gasteiger partial charge in [-0.2, -0.15) is 0 Å². The number of nitrogens with one attached hydrogen (secondary N) is 1. The van der Waals surface area contributed by atoms with E-state index in [1.54, 1.807) is 0 Å². The van der Waals surface area contributed by atoms with Gasteiger partial charge in [0.2, 0.25) is 16.9 Å². The Hall–Kier alpha value is -2.13. The van der Waals surface area contributed by atoms with Crippen LogP contribution in [-0.4, -0.2) is 58.8 Å². The van der Waals surface area contributed by atoms with Crippen molar-refractivity contribution in [1.29, 1.82) is 0 Å². The van der Waals surface area contributed by atoms with E-state index in [9.17, 15) is 9.59 Å². The summed E-state index contributed by atoms with van der Waals surface area (Å²) in [6, 6.07) is 9.41. The van der Waals surface area contributed by atoms with Gasteiger partial charge >= 0.3 is 0 Å². The molecule has 2 aliphatic rings. The molecule has 0 atom stereocenters. The van der Waals surface area contributed by atoms with Crippen LogP contribution in [0.15, 0.2) is 34.7 Å². The minimum absolute atomic E-state index is 0.0600. The molecule has 1 aromatic carbocycles. The summed E-state index contributed by atoms with van der Waals surface area (Å²) in [5.74, 6) is 0.832. The number of nitrogens with zero attached hydrogens (tertiary/aromatic N) is 4. The molecule has 1 saturated heterocycles. The molecule has 1 N–H and O–H groups in total. The topological polar surface area (TPSA) is 78.4 Å². The van der Waals surface area contributed by atoms with E-state index in [-0.39, 0.29) is 11.8 Å². The van der Waals surface area contributed by atoms with Gasteiger partial charge in [0, 0.05) is 37.8 Å². The zero-order valence-corrected chi connectivity index (χ0v) is 16.5. The Bertz CT molecular complexity index is 801. The molecule has 7 nitrogen and oxygen atoms in total. The summed E-state index contributed by atoms with van der Waals surface area (Å²) in [4.78, 5) is 28.3. The fourth-order valence-corrected chi connectivity index (χ4v) is 4.63. The van der Waals surface area contributed by atoms with Crippen LogP contribution in [0, 0.1) is 5.92 Å². The third-order valence-electron chi connectivity index (χ3n) is 4.57. The summed E-state index contributed by atoms with van der Waals surface area (Å²) in [5, 5.41) is 12.2. The normalized spacial score (nSPS) is 17.0. The molecule has 2 heterocycles. The lowest BCUT2D eigenvalue weighted by Gasteiger charge is -2.34. The van der Waals surface area contributed by atoms with Crippen LogP contribution in [0.3, 0.4) is 0 Å². The minimum atomic E-state index is -0.0600. The number of carbonyl (C=O) groups is 2. The van der Waals surface area contributed by atoms with Crippen LogP contribution in [0.25, 0.3) is 0 Å². The number of hydrogen-bond donors (Lipinski definition) is 1. The van der Waals surface area contributed by atoms with Gasteiger partial charge in [-0.25, -0.2) is 0 Å². The molecular formula is C18H21N5O2S2. The summed E-state index contributed by atoms with van der Waals surface area (Å²) >= 11 is 2.89. The molecule has 0 spiro atoms. The Morgan fingerprint density at radius 2 is 1.85 bits per heavy atom. The van der Waals surface area contributed by atoms with Crippen LogP contribution in [-0.2, 0) is 9.59 Å². The molecule has 9 heteroatoms. The predicted molar refractivity (Wildman–Crippen MR) is 107 cm³/mol. The van der Waals surface area contributed by atoms with E-state index >= 15 is 0 Å². The van der Waals surface area contributed by atoms with Crippen LogP contribution in [0.5, 0.6) is 0 Å². The van der Waals surface area contributed by atoms with Gasteiger partial charge in [0.25, 0.3) is 0 Å². The smallest absolute Gasteiger partial charge is 0.234 e. The van der Waals surface area contributed by atoms with Crippen LogP contribution < -0.4 is 10.2 Å². The number of hydrogen-bond acceptors (Lipinski definition) is 7. The maximum atomic E-state index is 12.1. The van der Waals surface area contributed by atoms with Gasteiger partial charge in [-0.1, -0.05) is 41.3 Å². The van der Waals surface area contributed by atoms with Crippen molar-refractivity contribution >= 4 is 45.7 Å². The number of thioether (sulfide) groups is 1. The third-order valence-corrected chi connectivity index (χ3v) is 6.69. The van der Waals surface area contributed by atoms with Crippen molar-refractivity contribution in [2.45, 2.75) is 17.2 Å². The van der Waals surface area contributed by atoms with Crippen molar-refractivity contribution in [1.82, 2.24) is 15.1 Å². The van der Waals surface area contributed by atoms with E-state index in [1.165, 1.54) is 23.1 Å². The third kappa shape index (κ3) is 4.78. The zero-order valence-electron chi connectivity index (χ0n) is 14.8. The monoisotopic (exact) mass is 403 g/mol. The molecule has 27 heavy (non-hydrogen) atoms. The molecule has 2 aromatic rings. The van der Waals surface area contributed by atoms with E-state index in [0.717, 1.165) is 54.2 Å². The average Bonchev–Trinajstić information content (AvgIpc) is 3.44. The second-order valence-corrected chi connectivity index (χ2v) is 8.82. The largest absolute Gasteiger partial charge is 0.343 e. The van der Waals surface area contributed by atoms with Crippen LogP contribution in [0.1, 0.15) is 12.8 Å². The summed E-state index contributed by atoms with van der Waals surface area (Å²) in [6.45, 7) is 3.06. The molecule has 1 aliphatic carbocycles.